The van der Waals surface area contributed by atoms with Gasteiger partial charge in [0.2, 0.25) is 0 Å². The number of hydrogen-bond acceptors (Lipinski definition) is 3. The summed E-state index contributed by atoms with van der Waals surface area (Å²) in [6.07, 6.45) is 2.71. The molecule has 1 aliphatic heterocycles. The largest absolute Gasteiger partial charge is 0.338 e. The van der Waals surface area contributed by atoms with E-state index in [1.54, 1.807) is 0 Å². The molecule has 1 amide bonds. The average Bonchev–Trinajstić information content (AvgIpc) is 2.48. The number of halogens is 2. The van der Waals surface area contributed by atoms with Crippen molar-refractivity contribution in [1.82, 2.24) is 4.90 Å². The van der Waals surface area contributed by atoms with Crippen LogP contribution in [0.3, 0.4) is 0 Å². The van der Waals surface area contributed by atoms with Crippen LogP contribution in [0.25, 0.3) is 0 Å². The smallest absolute Gasteiger partial charge is 0.285 e. The van der Waals surface area contributed by atoms with Crippen LogP contribution < -0.4 is 0 Å². The van der Waals surface area contributed by atoms with Gasteiger partial charge in [0, 0.05) is 13.1 Å². The van der Waals surface area contributed by atoms with Gasteiger partial charge in [0.15, 0.2) is 11.6 Å². The molecule has 1 aromatic carbocycles. The van der Waals surface area contributed by atoms with E-state index in [0.717, 1.165) is 19.3 Å². The van der Waals surface area contributed by atoms with Crippen molar-refractivity contribution in [3.63, 3.8) is 0 Å². The molecule has 114 valence electrons. The second kappa shape index (κ2) is 6.15. The molecule has 0 saturated carbocycles. The number of hydrogen-bond donors (Lipinski definition) is 0. The van der Waals surface area contributed by atoms with E-state index in [-0.39, 0.29) is 0 Å². The highest BCUT2D eigenvalue weighted by Gasteiger charge is 2.30. The monoisotopic (exact) mass is 298 g/mol. The molecule has 5 nitrogen and oxygen atoms in total. The lowest BCUT2D eigenvalue weighted by Crippen LogP contribution is -2.40. The van der Waals surface area contributed by atoms with Crippen LogP contribution in [-0.2, 0) is 0 Å². The third-order valence-corrected chi connectivity index (χ3v) is 3.85. The molecule has 0 radical (unpaired) electrons. The van der Waals surface area contributed by atoms with Crippen LogP contribution in [0.5, 0.6) is 0 Å². The molecule has 21 heavy (non-hydrogen) atoms. The molecule has 7 heteroatoms. The Bertz CT molecular complexity index is 578. The molecule has 0 spiro atoms. The average molecular weight is 298 g/mol. The number of amides is 1. The lowest BCUT2D eigenvalue weighted by molar-refractivity contribution is -0.385. The number of benzene rings is 1. The van der Waals surface area contributed by atoms with Crippen LogP contribution in [0.2, 0.25) is 0 Å². The number of nitrogens with zero attached hydrogens (tertiary/aromatic N) is 2. The highest BCUT2D eigenvalue weighted by atomic mass is 19.2. The van der Waals surface area contributed by atoms with Gasteiger partial charge in [0.25, 0.3) is 11.6 Å². The van der Waals surface area contributed by atoms with Gasteiger partial charge in [-0.2, -0.15) is 0 Å². The highest BCUT2D eigenvalue weighted by Crippen LogP contribution is 2.26. The van der Waals surface area contributed by atoms with E-state index in [1.165, 1.54) is 4.90 Å². The van der Waals surface area contributed by atoms with Crippen LogP contribution in [0, 0.1) is 27.7 Å². The fraction of sp³-hybridized carbons (Fsp3) is 0.500. The van der Waals surface area contributed by atoms with E-state index in [1.807, 2.05) is 6.92 Å². The van der Waals surface area contributed by atoms with E-state index >= 15 is 0 Å². The van der Waals surface area contributed by atoms with Crippen molar-refractivity contribution in [2.75, 3.05) is 13.1 Å². The van der Waals surface area contributed by atoms with Gasteiger partial charge in [0.05, 0.1) is 11.0 Å². The predicted molar refractivity (Wildman–Crippen MR) is 71.9 cm³/mol. The number of likely N-dealkylation sites (tertiary alicyclic amines) is 1. The molecule has 1 saturated heterocycles. The third-order valence-electron chi connectivity index (χ3n) is 3.85. The van der Waals surface area contributed by atoms with E-state index in [9.17, 15) is 23.7 Å². The number of carbonyl (C=O) groups excluding carboxylic acids is 1. The molecule has 1 heterocycles. The van der Waals surface area contributed by atoms with Crippen molar-refractivity contribution < 1.29 is 18.5 Å². The Hall–Kier alpha value is -2.05. The quantitative estimate of drug-likeness (QED) is 0.636. The summed E-state index contributed by atoms with van der Waals surface area (Å²) < 4.78 is 26.5. The molecule has 0 aromatic heterocycles. The number of rotatable bonds is 3. The van der Waals surface area contributed by atoms with E-state index < -0.39 is 33.7 Å². The van der Waals surface area contributed by atoms with Crippen molar-refractivity contribution in [1.29, 1.82) is 0 Å². The Kier molecular flexibility index (Phi) is 4.50. The fourth-order valence-electron chi connectivity index (χ4n) is 2.61. The van der Waals surface area contributed by atoms with Crippen LogP contribution in [0.4, 0.5) is 14.5 Å². The fourth-order valence-corrected chi connectivity index (χ4v) is 2.61. The lowest BCUT2D eigenvalue weighted by Gasteiger charge is -2.32. The highest BCUT2D eigenvalue weighted by molar-refractivity contribution is 5.98. The number of nitro benzene ring substituents is 1. The summed E-state index contributed by atoms with van der Waals surface area (Å²) in [7, 11) is 0. The first-order chi connectivity index (χ1) is 9.93. The molecular weight excluding hydrogens is 282 g/mol. The Morgan fingerprint density at radius 1 is 1.43 bits per heavy atom. The minimum Gasteiger partial charge on any atom is -0.338 e. The SMILES string of the molecule is CCC1CCCN(C(=O)c2cc(F)c(F)cc2[N+](=O)[O-])C1. The summed E-state index contributed by atoms with van der Waals surface area (Å²) in [5.74, 6) is -2.86. The van der Waals surface area contributed by atoms with Crippen molar-refractivity contribution in [3.8, 4) is 0 Å². The molecule has 2 rings (SSSR count). The van der Waals surface area contributed by atoms with E-state index in [4.69, 9.17) is 0 Å². The molecule has 1 unspecified atom stereocenters. The topological polar surface area (TPSA) is 63.5 Å². The van der Waals surface area contributed by atoms with Gasteiger partial charge >= 0.3 is 0 Å². The zero-order valence-electron chi connectivity index (χ0n) is 11.6. The first-order valence-electron chi connectivity index (χ1n) is 6.86. The van der Waals surface area contributed by atoms with Crippen molar-refractivity contribution in [3.05, 3.63) is 39.4 Å². The van der Waals surface area contributed by atoms with Gasteiger partial charge in [0.1, 0.15) is 5.56 Å². The maximum atomic E-state index is 13.3. The van der Waals surface area contributed by atoms with Crippen LogP contribution in [-0.4, -0.2) is 28.8 Å². The molecular formula is C14H16F2N2O3. The summed E-state index contributed by atoms with van der Waals surface area (Å²) in [6, 6.07) is 1.08. The summed E-state index contributed by atoms with van der Waals surface area (Å²) in [6.45, 7) is 2.98. The number of carbonyl (C=O) groups is 1. The minimum absolute atomic E-state index is 0.340. The van der Waals surface area contributed by atoms with Gasteiger partial charge in [-0.15, -0.1) is 0 Å². The third kappa shape index (κ3) is 3.17. The van der Waals surface area contributed by atoms with Gasteiger partial charge in [-0.3, -0.25) is 14.9 Å². The van der Waals surface area contributed by atoms with Crippen molar-refractivity contribution in [2.24, 2.45) is 5.92 Å². The first kappa shape index (κ1) is 15.3. The van der Waals surface area contributed by atoms with Gasteiger partial charge < -0.3 is 4.90 Å². The molecule has 1 aromatic rings. The Morgan fingerprint density at radius 3 is 2.71 bits per heavy atom. The molecule has 1 fully saturated rings. The maximum Gasteiger partial charge on any atom is 0.285 e. The lowest BCUT2D eigenvalue weighted by atomic mass is 9.95. The zero-order valence-corrected chi connectivity index (χ0v) is 11.6. The summed E-state index contributed by atoms with van der Waals surface area (Å²) in [5, 5.41) is 10.9. The summed E-state index contributed by atoms with van der Waals surface area (Å²) in [5.41, 5.74) is -1.09. The standard InChI is InChI=1S/C14H16F2N2O3/c1-2-9-4-3-5-17(8-9)14(19)10-6-11(15)12(16)7-13(10)18(20)21/h6-7,9H,2-5,8H2,1H3. The Labute approximate surface area is 120 Å². The Morgan fingerprint density at radius 2 is 2.10 bits per heavy atom. The molecule has 0 bridgehead atoms. The first-order valence-corrected chi connectivity index (χ1v) is 6.86. The Balaban J connectivity index is 2.34. The van der Waals surface area contributed by atoms with Gasteiger partial charge in [-0.05, 0) is 24.8 Å². The van der Waals surface area contributed by atoms with Crippen molar-refractivity contribution >= 4 is 11.6 Å². The molecule has 1 atom stereocenters. The summed E-state index contributed by atoms with van der Waals surface area (Å²) in [4.78, 5) is 23.9. The minimum atomic E-state index is -1.33. The molecule has 0 N–H and O–H groups in total. The van der Waals surface area contributed by atoms with Crippen LogP contribution >= 0.6 is 0 Å². The zero-order chi connectivity index (χ0) is 15.6. The second-order valence-electron chi connectivity index (χ2n) is 5.21. The normalized spacial score (nSPS) is 18.6. The summed E-state index contributed by atoms with van der Waals surface area (Å²) >= 11 is 0. The van der Waals surface area contributed by atoms with Gasteiger partial charge in [-0.1, -0.05) is 13.3 Å². The molecule has 1 aliphatic rings. The predicted octanol–water partition coefficient (Wildman–Crippen LogP) is 3.14. The number of nitro groups is 1. The van der Waals surface area contributed by atoms with E-state index in [0.29, 0.717) is 31.1 Å². The van der Waals surface area contributed by atoms with Crippen molar-refractivity contribution in [2.45, 2.75) is 26.2 Å². The molecule has 0 aliphatic carbocycles. The second-order valence-corrected chi connectivity index (χ2v) is 5.21. The van der Waals surface area contributed by atoms with E-state index in [2.05, 4.69) is 0 Å². The maximum absolute atomic E-state index is 13.3. The van der Waals surface area contributed by atoms with Crippen LogP contribution in [0.15, 0.2) is 12.1 Å². The van der Waals surface area contributed by atoms with Crippen LogP contribution in [0.1, 0.15) is 36.5 Å². The van der Waals surface area contributed by atoms with Gasteiger partial charge in [-0.25, -0.2) is 8.78 Å². The number of piperidine rings is 1.